The molecule has 0 aromatic heterocycles. The molecule has 6 N–H and O–H groups in total. The molecule has 8 heteroatoms. The minimum Gasteiger partial charge on any atom is -0.350 e. The molecule has 0 bridgehead atoms. The average Bonchev–Trinajstić information content (AvgIpc) is 2.30. The Morgan fingerprint density at radius 2 is 1.22 bits per heavy atom. The lowest BCUT2D eigenvalue weighted by Crippen LogP contribution is -2.24. The minimum atomic E-state index is -0.729. The molecule has 8 nitrogen and oxygen atoms in total. The van der Waals surface area contributed by atoms with Gasteiger partial charge in [-0.15, -0.1) is 0 Å². The van der Waals surface area contributed by atoms with Crippen LogP contribution in [0.4, 0.5) is 9.59 Å². The van der Waals surface area contributed by atoms with Crippen LogP contribution in [-0.2, 0) is 0 Å². The van der Waals surface area contributed by atoms with E-state index in [0.717, 1.165) is 11.1 Å². The van der Waals surface area contributed by atoms with Crippen molar-refractivity contribution in [2.24, 2.45) is 21.7 Å². The Bertz CT molecular complexity index is 435. The standard InChI is InChI=1S/C10H12N6O2/c11-9(17)15-13-5-7-1-2-8(4-3-7)6-14-16-10(12)18/h1-6H,(H3,11,15,17)(H3,12,16,18)/b13-5+,14-6+. The van der Waals surface area contributed by atoms with E-state index in [1.165, 1.54) is 12.4 Å². The zero-order chi connectivity index (χ0) is 13.4. The van der Waals surface area contributed by atoms with Gasteiger partial charge >= 0.3 is 12.1 Å². The van der Waals surface area contributed by atoms with Gasteiger partial charge in [-0.3, -0.25) is 0 Å². The summed E-state index contributed by atoms with van der Waals surface area (Å²) in [6.07, 6.45) is 2.88. The Morgan fingerprint density at radius 3 is 1.50 bits per heavy atom. The van der Waals surface area contributed by atoms with Crippen LogP contribution in [0.25, 0.3) is 0 Å². The molecule has 0 spiro atoms. The molecule has 0 saturated heterocycles. The predicted molar refractivity (Wildman–Crippen MR) is 67.1 cm³/mol. The number of primary amides is 2. The topological polar surface area (TPSA) is 135 Å². The van der Waals surface area contributed by atoms with Gasteiger partial charge < -0.3 is 11.5 Å². The van der Waals surface area contributed by atoms with Gasteiger partial charge in [0.1, 0.15) is 0 Å². The quantitative estimate of drug-likeness (QED) is 0.429. The van der Waals surface area contributed by atoms with E-state index in [9.17, 15) is 9.59 Å². The molecule has 0 radical (unpaired) electrons. The van der Waals surface area contributed by atoms with Crippen molar-refractivity contribution in [3.05, 3.63) is 35.4 Å². The molecule has 1 aromatic carbocycles. The predicted octanol–water partition coefficient (Wildman–Crippen LogP) is -0.309. The molecule has 0 saturated carbocycles. The fraction of sp³-hybridized carbons (Fsp3) is 0. The first-order valence-corrected chi connectivity index (χ1v) is 4.85. The molecule has 1 rings (SSSR count). The minimum absolute atomic E-state index is 0.729. The summed E-state index contributed by atoms with van der Waals surface area (Å²) in [5.41, 5.74) is 15.4. The van der Waals surface area contributed by atoms with Gasteiger partial charge in [0.2, 0.25) is 0 Å². The van der Waals surface area contributed by atoms with Gasteiger partial charge in [0.25, 0.3) is 0 Å². The third-order valence-corrected chi connectivity index (χ3v) is 1.71. The molecule has 0 aliphatic rings. The van der Waals surface area contributed by atoms with Crippen molar-refractivity contribution in [1.82, 2.24) is 10.9 Å². The average molecular weight is 248 g/mol. The number of amides is 4. The highest BCUT2D eigenvalue weighted by molar-refractivity contribution is 5.85. The molecule has 0 atom stereocenters. The Hall–Kier alpha value is -2.90. The fourth-order valence-corrected chi connectivity index (χ4v) is 1.01. The number of hydrazone groups is 2. The second kappa shape index (κ2) is 6.63. The molecule has 0 fully saturated rings. The van der Waals surface area contributed by atoms with Crippen molar-refractivity contribution in [1.29, 1.82) is 0 Å². The number of urea groups is 2. The largest absolute Gasteiger partial charge is 0.350 e. The SMILES string of the molecule is NC(=O)N/N=C/c1ccc(/C=N/NC(N)=O)cc1. The highest BCUT2D eigenvalue weighted by atomic mass is 16.2. The van der Waals surface area contributed by atoms with Crippen LogP contribution in [0, 0.1) is 0 Å². The maximum absolute atomic E-state index is 10.4. The summed E-state index contributed by atoms with van der Waals surface area (Å²) in [5.74, 6) is 0. The van der Waals surface area contributed by atoms with E-state index in [0.29, 0.717) is 0 Å². The van der Waals surface area contributed by atoms with Gasteiger partial charge in [-0.1, -0.05) is 24.3 Å². The summed E-state index contributed by atoms with van der Waals surface area (Å²) in [6, 6.07) is 5.53. The maximum Gasteiger partial charge on any atom is 0.332 e. The monoisotopic (exact) mass is 248 g/mol. The van der Waals surface area contributed by atoms with Gasteiger partial charge in [-0.05, 0) is 11.1 Å². The lowest BCUT2D eigenvalue weighted by molar-refractivity contribution is 0.248. The van der Waals surface area contributed by atoms with Crippen LogP contribution in [0.3, 0.4) is 0 Å². The van der Waals surface area contributed by atoms with Crippen LogP contribution in [-0.4, -0.2) is 24.5 Å². The van der Waals surface area contributed by atoms with E-state index in [-0.39, 0.29) is 0 Å². The van der Waals surface area contributed by atoms with Gasteiger partial charge in [0.05, 0.1) is 12.4 Å². The number of carbonyl (C=O) groups is 2. The third-order valence-electron chi connectivity index (χ3n) is 1.71. The zero-order valence-corrected chi connectivity index (χ0v) is 9.33. The van der Waals surface area contributed by atoms with E-state index in [1.807, 2.05) is 0 Å². The molecule has 94 valence electrons. The maximum atomic E-state index is 10.4. The summed E-state index contributed by atoms with van der Waals surface area (Å²) in [4.78, 5) is 20.7. The Balaban J connectivity index is 2.57. The first kappa shape index (κ1) is 13.2. The van der Waals surface area contributed by atoms with E-state index in [4.69, 9.17) is 11.5 Å². The molecular formula is C10H12N6O2. The van der Waals surface area contributed by atoms with Crippen molar-refractivity contribution in [2.75, 3.05) is 0 Å². The number of rotatable bonds is 4. The van der Waals surface area contributed by atoms with Crippen LogP contribution >= 0.6 is 0 Å². The second-order valence-corrected chi connectivity index (χ2v) is 3.14. The smallest absolute Gasteiger partial charge is 0.332 e. The van der Waals surface area contributed by atoms with Crippen molar-refractivity contribution in [2.45, 2.75) is 0 Å². The Labute approximate surface area is 103 Å². The summed E-state index contributed by atoms with van der Waals surface area (Å²) < 4.78 is 0. The molecular weight excluding hydrogens is 236 g/mol. The first-order valence-electron chi connectivity index (χ1n) is 4.85. The van der Waals surface area contributed by atoms with Crippen LogP contribution in [0.2, 0.25) is 0 Å². The molecule has 0 aliphatic heterocycles. The number of hydrogen-bond donors (Lipinski definition) is 4. The molecule has 0 unspecified atom stereocenters. The molecule has 18 heavy (non-hydrogen) atoms. The van der Waals surface area contributed by atoms with E-state index in [2.05, 4.69) is 21.1 Å². The Morgan fingerprint density at radius 1 is 0.889 bits per heavy atom. The van der Waals surface area contributed by atoms with Crippen LogP contribution in [0.5, 0.6) is 0 Å². The number of nitrogens with one attached hydrogen (secondary N) is 2. The number of nitrogens with two attached hydrogens (primary N) is 2. The van der Waals surface area contributed by atoms with Crippen LogP contribution in [0.15, 0.2) is 34.5 Å². The summed E-state index contributed by atoms with van der Waals surface area (Å²) in [5, 5.41) is 7.20. The number of nitrogens with zero attached hydrogens (tertiary/aromatic N) is 2. The first-order chi connectivity index (χ1) is 8.58. The molecule has 0 heterocycles. The highest BCUT2D eigenvalue weighted by Gasteiger charge is 1.91. The van der Waals surface area contributed by atoms with Gasteiger partial charge in [-0.25, -0.2) is 20.4 Å². The highest BCUT2D eigenvalue weighted by Crippen LogP contribution is 1.99. The van der Waals surface area contributed by atoms with Crippen LogP contribution < -0.4 is 22.3 Å². The third kappa shape index (κ3) is 5.26. The summed E-state index contributed by atoms with van der Waals surface area (Å²) in [7, 11) is 0. The van der Waals surface area contributed by atoms with Crippen molar-refractivity contribution >= 4 is 24.5 Å². The normalized spacial score (nSPS) is 10.7. The van der Waals surface area contributed by atoms with Crippen molar-refractivity contribution in [3.63, 3.8) is 0 Å². The van der Waals surface area contributed by atoms with E-state index in [1.54, 1.807) is 24.3 Å². The molecule has 4 amide bonds. The van der Waals surface area contributed by atoms with Gasteiger partial charge in [-0.2, -0.15) is 10.2 Å². The van der Waals surface area contributed by atoms with Gasteiger partial charge in [0.15, 0.2) is 0 Å². The van der Waals surface area contributed by atoms with E-state index >= 15 is 0 Å². The van der Waals surface area contributed by atoms with Crippen LogP contribution in [0.1, 0.15) is 11.1 Å². The summed E-state index contributed by atoms with van der Waals surface area (Å²) >= 11 is 0. The van der Waals surface area contributed by atoms with Crippen molar-refractivity contribution < 1.29 is 9.59 Å². The number of benzene rings is 1. The number of hydrogen-bond acceptors (Lipinski definition) is 4. The number of carbonyl (C=O) groups excluding carboxylic acids is 2. The Kier molecular flexibility index (Phi) is 4.85. The lowest BCUT2D eigenvalue weighted by Gasteiger charge is -1.96. The van der Waals surface area contributed by atoms with E-state index < -0.39 is 12.1 Å². The zero-order valence-electron chi connectivity index (χ0n) is 9.33. The summed E-state index contributed by atoms with van der Waals surface area (Å²) in [6.45, 7) is 0. The second-order valence-electron chi connectivity index (χ2n) is 3.14. The lowest BCUT2D eigenvalue weighted by atomic mass is 10.2. The van der Waals surface area contributed by atoms with Gasteiger partial charge in [0, 0.05) is 0 Å². The fourth-order valence-electron chi connectivity index (χ4n) is 1.01. The molecule has 0 aliphatic carbocycles. The molecule has 1 aromatic rings. The van der Waals surface area contributed by atoms with Crippen molar-refractivity contribution in [3.8, 4) is 0 Å².